The highest BCUT2D eigenvalue weighted by Gasteiger charge is 2.27. The Morgan fingerprint density at radius 3 is 2.18 bits per heavy atom. The van der Waals surface area contributed by atoms with Crippen molar-refractivity contribution in [1.82, 2.24) is 4.90 Å². The number of piperazine rings is 1. The van der Waals surface area contributed by atoms with Crippen LogP contribution in [0.25, 0.3) is 0 Å². The maximum absolute atomic E-state index is 12.3. The van der Waals surface area contributed by atoms with E-state index in [-0.39, 0.29) is 18.5 Å². The first-order valence-electron chi connectivity index (χ1n) is 7.20. The highest BCUT2D eigenvalue weighted by Crippen LogP contribution is 2.17. The SMILES string of the molecule is O=C(Nc1ccccc1)N1CCN(c2ccccc2)C(=O)C1. The van der Waals surface area contributed by atoms with Gasteiger partial charge in [0.05, 0.1) is 0 Å². The van der Waals surface area contributed by atoms with Crippen LogP contribution in [0.3, 0.4) is 0 Å². The fourth-order valence-corrected chi connectivity index (χ4v) is 2.45. The zero-order valence-corrected chi connectivity index (χ0v) is 12.1. The molecule has 1 fully saturated rings. The molecule has 2 aromatic carbocycles. The van der Waals surface area contributed by atoms with Crippen LogP contribution in [0.4, 0.5) is 16.2 Å². The van der Waals surface area contributed by atoms with Crippen molar-refractivity contribution in [2.24, 2.45) is 0 Å². The lowest BCUT2D eigenvalue weighted by molar-refractivity contribution is -0.120. The molecule has 0 bridgehead atoms. The van der Waals surface area contributed by atoms with Gasteiger partial charge >= 0.3 is 6.03 Å². The van der Waals surface area contributed by atoms with Gasteiger partial charge in [-0.1, -0.05) is 36.4 Å². The summed E-state index contributed by atoms with van der Waals surface area (Å²) in [6, 6.07) is 18.5. The number of hydrogen-bond donors (Lipinski definition) is 1. The van der Waals surface area contributed by atoms with E-state index in [2.05, 4.69) is 5.32 Å². The van der Waals surface area contributed by atoms with Crippen LogP contribution in [-0.4, -0.2) is 36.5 Å². The maximum Gasteiger partial charge on any atom is 0.322 e. The molecule has 3 rings (SSSR count). The van der Waals surface area contributed by atoms with Gasteiger partial charge in [-0.3, -0.25) is 4.79 Å². The minimum atomic E-state index is -0.243. The van der Waals surface area contributed by atoms with Crippen LogP contribution in [0.5, 0.6) is 0 Å². The minimum Gasteiger partial charge on any atom is -0.313 e. The standard InChI is InChI=1S/C17H17N3O2/c21-16-13-19(17(22)18-14-7-3-1-4-8-14)11-12-20(16)15-9-5-2-6-10-15/h1-10H,11-13H2,(H,18,22). The number of rotatable bonds is 2. The lowest BCUT2D eigenvalue weighted by Crippen LogP contribution is -2.53. The molecule has 3 amide bonds. The Labute approximate surface area is 129 Å². The van der Waals surface area contributed by atoms with Crippen LogP contribution in [0.1, 0.15) is 0 Å². The van der Waals surface area contributed by atoms with E-state index in [0.29, 0.717) is 13.1 Å². The molecule has 1 N–H and O–H groups in total. The van der Waals surface area contributed by atoms with Crippen molar-refractivity contribution in [3.63, 3.8) is 0 Å². The number of nitrogens with zero attached hydrogens (tertiary/aromatic N) is 2. The molecule has 0 aliphatic carbocycles. The number of nitrogens with one attached hydrogen (secondary N) is 1. The molecule has 5 heteroatoms. The minimum absolute atomic E-state index is 0.0688. The molecular weight excluding hydrogens is 278 g/mol. The van der Waals surface area contributed by atoms with Gasteiger partial charge < -0.3 is 15.1 Å². The predicted octanol–water partition coefficient (Wildman–Crippen LogP) is 2.57. The van der Waals surface area contributed by atoms with E-state index in [4.69, 9.17) is 0 Å². The molecule has 1 saturated heterocycles. The van der Waals surface area contributed by atoms with Crippen molar-refractivity contribution in [1.29, 1.82) is 0 Å². The largest absolute Gasteiger partial charge is 0.322 e. The highest BCUT2D eigenvalue weighted by atomic mass is 16.2. The van der Waals surface area contributed by atoms with E-state index in [9.17, 15) is 9.59 Å². The van der Waals surface area contributed by atoms with Gasteiger partial charge in [0.25, 0.3) is 0 Å². The number of carbonyl (C=O) groups is 2. The van der Waals surface area contributed by atoms with Crippen molar-refractivity contribution < 1.29 is 9.59 Å². The Morgan fingerprint density at radius 2 is 1.55 bits per heavy atom. The third-order valence-electron chi connectivity index (χ3n) is 3.60. The molecule has 1 aliphatic rings. The van der Waals surface area contributed by atoms with Gasteiger partial charge in [0.2, 0.25) is 5.91 Å². The van der Waals surface area contributed by atoms with Gasteiger partial charge in [-0.2, -0.15) is 0 Å². The van der Waals surface area contributed by atoms with Crippen LogP contribution >= 0.6 is 0 Å². The summed E-state index contributed by atoms with van der Waals surface area (Å²) in [6.45, 7) is 1.11. The Kier molecular flexibility index (Phi) is 4.05. The molecule has 0 spiro atoms. The van der Waals surface area contributed by atoms with Gasteiger partial charge in [0.15, 0.2) is 0 Å². The smallest absolute Gasteiger partial charge is 0.313 e. The first-order chi connectivity index (χ1) is 10.7. The molecule has 2 aromatic rings. The Morgan fingerprint density at radius 1 is 0.909 bits per heavy atom. The fourth-order valence-electron chi connectivity index (χ4n) is 2.45. The summed E-state index contributed by atoms with van der Waals surface area (Å²) in [7, 11) is 0. The normalized spacial score (nSPS) is 14.8. The Balaban J connectivity index is 1.63. The summed E-state index contributed by atoms with van der Waals surface area (Å²) < 4.78 is 0. The lowest BCUT2D eigenvalue weighted by atomic mass is 10.2. The summed E-state index contributed by atoms with van der Waals surface area (Å²) in [5.41, 5.74) is 1.60. The second-order valence-corrected chi connectivity index (χ2v) is 5.10. The van der Waals surface area contributed by atoms with Crippen molar-refractivity contribution >= 4 is 23.3 Å². The Bertz CT molecular complexity index is 656. The van der Waals surface area contributed by atoms with E-state index in [0.717, 1.165) is 11.4 Å². The van der Waals surface area contributed by atoms with Gasteiger partial charge in [-0.05, 0) is 24.3 Å². The molecule has 0 unspecified atom stereocenters. The molecule has 112 valence electrons. The second kappa shape index (κ2) is 6.30. The summed E-state index contributed by atoms with van der Waals surface area (Å²) in [5, 5.41) is 2.80. The van der Waals surface area contributed by atoms with Gasteiger partial charge in [-0.25, -0.2) is 4.79 Å². The number of hydrogen-bond acceptors (Lipinski definition) is 2. The first-order valence-corrected chi connectivity index (χ1v) is 7.20. The fraction of sp³-hybridized carbons (Fsp3) is 0.176. The molecule has 22 heavy (non-hydrogen) atoms. The summed E-state index contributed by atoms with van der Waals surface area (Å²) in [5.74, 6) is -0.0688. The van der Waals surface area contributed by atoms with Crippen LogP contribution in [0, 0.1) is 0 Å². The van der Waals surface area contributed by atoms with Gasteiger partial charge in [0.1, 0.15) is 6.54 Å². The van der Waals surface area contributed by atoms with Crippen molar-refractivity contribution in [3.05, 3.63) is 60.7 Å². The van der Waals surface area contributed by atoms with Crippen molar-refractivity contribution in [2.75, 3.05) is 29.9 Å². The number of urea groups is 1. The first kappa shape index (κ1) is 14.1. The van der Waals surface area contributed by atoms with Crippen LogP contribution in [-0.2, 0) is 4.79 Å². The molecule has 0 saturated carbocycles. The summed E-state index contributed by atoms with van der Waals surface area (Å²) in [6.07, 6.45) is 0. The number of anilines is 2. The van der Waals surface area contributed by atoms with Crippen LogP contribution in [0.15, 0.2) is 60.7 Å². The van der Waals surface area contributed by atoms with Crippen LogP contribution in [0.2, 0.25) is 0 Å². The molecule has 0 radical (unpaired) electrons. The quantitative estimate of drug-likeness (QED) is 0.925. The van der Waals surface area contributed by atoms with Gasteiger partial charge in [0, 0.05) is 24.5 Å². The number of benzene rings is 2. The molecule has 1 aliphatic heterocycles. The molecule has 5 nitrogen and oxygen atoms in total. The van der Waals surface area contributed by atoms with Crippen molar-refractivity contribution in [3.8, 4) is 0 Å². The zero-order chi connectivity index (χ0) is 15.4. The van der Waals surface area contributed by atoms with E-state index >= 15 is 0 Å². The third kappa shape index (κ3) is 3.09. The van der Waals surface area contributed by atoms with E-state index in [1.165, 1.54) is 4.90 Å². The predicted molar refractivity (Wildman–Crippen MR) is 85.8 cm³/mol. The maximum atomic E-state index is 12.3. The zero-order valence-electron chi connectivity index (χ0n) is 12.1. The molecule has 0 atom stereocenters. The molecule has 1 heterocycles. The monoisotopic (exact) mass is 295 g/mol. The third-order valence-corrected chi connectivity index (χ3v) is 3.60. The average molecular weight is 295 g/mol. The summed E-state index contributed by atoms with van der Waals surface area (Å²) in [4.78, 5) is 27.7. The van der Waals surface area contributed by atoms with Crippen molar-refractivity contribution in [2.45, 2.75) is 0 Å². The topological polar surface area (TPSA) is 52.7 Å². The second-order valence-electron chi connectivity index (χ2n) is 5.10. The highest BCUT2D eigenvalue weighted by molar-refractivity contribution is 5.99. The number of carbonyl (C=O) groups excluding carboxylic acids is 2. The van der Waals surface area contributed by atoms with Gasteiger partial charge in [-0.15, -0.1) is 0 Å². The van der Waals surface area contributed by atoms with Crippen LogP contribution < -0.4 is 10.2 Å². The number of amides is 3. The average Bonchev–Trinajstić information content (AvgIpc) is 2.56. The molecule has 0 aromatic heterocycles. The van der Waals surface area contributed by atoms with E-state index in [1.54, 1.807) is 4.90 Å². The lowest BCUT2D eigenvalue weighted by Gasteiger charge is -2.34. The van der Waals surface area contributed by atoms with E-state index in [1.807, 2.05) is 60.7 Å². The Hall–Kier alpha value is -2.82. The molecular formula is C17H17N3O2. The number of para-hydroxylation sites is 2. The summed E-state index contributed by atoms with van der Waals surface area (Å²) >= 11 is 0. The van der Waals surface area contributed by atoms with E-state index < -0.39 is 0 Å².